The molecule has 3 aliphatic rings. The van der Waals surface area contributed by atoms with Gasteiger partial charge in [-0.05, 0) is 25.7 Å². The fraction of sp³-hybridized carbons (Fsp3) is 0.800. The maximum atomic E-state index is 12.1. The van der Waals surface area contributed by atoms with Crippen LogP contribution in [0.3, 0.4) is 0 Å². The second-order valence-corrected chi connectivity index (χ2v) is 6.65. The van der Waals surface area contributed by atoms with Crippen LogP contribution < -0.4 is 5.32 Å². The molecule has 1 aliphatic heterocycles. The van der Waals surface area contributed by atoms with Crippen LogP contribution in [-0.2, 0) is 0 Å². The molecule has 1 saturated heterocycles. The molecule has 3 fully saturated rings. The number of nitrogens with one attached hydrogen (secondary N) is 1. The van der Waals surface area contributed by atoms with E-state index in [1.54, 1.807) is 0 Å². The lowest BCUT2D eigenvalue weighted by Gasteiger charge is -2.38. The summed E-state index contributed by atoms with van der Waals surface area (Å²) in [6.45, 7) is 1.40. The van der Waals surface area contributed by atoms with Crippen LogP contribution in [0.1, 0.15) is 68.5 Å². The number of likely N-dealkylation sites (tertiary alicyclic amines) is 1. The van der Waals surface area contributed by atoms with Crippen LogP contribution in [0, 0.1) is 0 Å². The summed E-state index contributed by atoms with van der Waals surface area (Å²) < 4.78 is 5.33. The van der Waals surface area contributed by atoms with E-state index in [0.29, 0.717) is 30.9 Å². The first-order valence-corrected chi connectivity index (χ1v) is 8.18. The lowest BCUT2D eigenvalue weighted by molar-refractivity contribution is 0.132. The molecule has 0 atom stereocenters. The number of rotatable bonds is 3. The van der Waals surface area contributed by atoms with Crippen molar-refractivity contribution in [2.45, 2.75) is 62.8 Å². The van der Waals surface area contributed by atoms with E-state index in [2.05, 4.69) is 15.5 Å². The van der Waals surface area contributed by atoms with Gasteiger partial charge in [0.2, 0.25) is 5.89 Å². The minimum absolute atomic E-state index is 0.0695. The van der Waals surface area contributed by atoms with Crippen molar-refractivity contribution in [2.24, 2.45) is 0 Å². The van der Waals surface area contributed by atoms with Gasteiger partial charge in [0, 0.05) is 25.0 Å². The van der Waals surface area contributed by atoms with E-state index < -0.39 is 0 Å². The third kappa shape index (κ3) is 2.76. The Morgan fingerprint density at radius 2 is 1.86 bits per heavy atom. The number of carbonyl (C=O) groups is 1. The van der Waals surface area contributed by atoms with Gasteiger partial charge in [-0.15, -0.1) is 0 Å². The summed E-state index contributed by atoms with van der Waals surface area (Å²) in [5.41, 5.74) is 0. The maximum Gasteiger partial charge on any atom is 0.317 e. The van der Waals surface area contributed by atoms with E-state index in [9.17, 15) is 4.79 Å². The summed E-state index contributed by atoms with van der Waals surface area (Å²) in [7, 11) is 0. The number of carbonyl (C=O) groups excluding carboxylic acids is 1. The van der Waals surface area contributed by atoms with Crippen LogP contribution in [0.4, 0.5) is 4.79 Å². The molecule has 2 amide bonds. The van der Waals surface area contributed by atoms with Gasteiger partial charge in [-0.1, -0.05) is 24.4 Å². The molecule has 0 unspecified atom stereocenters. The highest BCUT2D eigenvalue weighted by molar-refractivity contribution is 5.75. The molecule has 6 nitrogen and oxygen atoms in total. The summed E-state index contributed by atoms with van der Waals surface area (Å²) in [5, 5.41) is 7.19. The molecular formula is C15H22N4O2. The van der Waals surface area contributed by atoms with Crippen LogP contribution >= 0.6 is 0 Å². The van der Waals surface area contributed by atoms with Crippen LogP contribution in [0.25, 0.3) is 0 Å². The van der Waals surface area contributed by atoms with Gasteiger partial charge in [0.1, 0.15) is 0 Å². The quantitative estimate of drug-likeness (QED) is 0.927. The Balaban J connectivity index is 1.26. The predicted octanol–water partition coefficient (Wildman–Crippen LogP) is 2.39. The molecule has 0 spiro atoms. The first kappa shape index (κ1) is 13.1. The first-order chi connectivity index (χ1) is 10.3. The van der Waals surface area contributed by atoms with Crippen LogP contribution in [-0.4, -0.2) is 40.2 Å². The molecule has 2 aliphatic carbocycles. The third-order valence-corrected chi connectivity index (χ3v) is 4.85. The summed E-state index contributed by atoms with van der Waals surface area (Å²) in [6.07, 6.45) is 8.38. The lowest BCUT2D eigenvalue weighted by Crippen LogP contribution is -2.54. The van der Waals surface area contributed by atoms with Gasteiger partial charge in [-0.2, -0.15) is 4.98 Å². The van der Waals surface area contributed by atoms with Gasteiger partial charge in [-0.25, -0.2) is 4.79 Å². The number of amides is 2. The number of hydrogen-bond donors (Lipinski definition) is 1. The largest absolute Gasteiger partial charge is 0.339 e. The normalized spacial score (nSPS) is 23.9. The van der Waals surface area contributed by atoms with E-state index in [1.165, 1.54) is 32.1 Å². The number of urea groups is 1. The van der Waals surface area contributed by atoms with Crippen molar-refractivity contribution < 1.29 is 9.32 Å². The fourth-order valence-corrected chi connectivity index (χ4v) is 3.23. The summed E-state index contributed by atoms with van der Waals surface area (Å²) in [6, 6.07) is 0.440. The van der Waals surface area contributed by atoms with Gasteiger partial charge < -0.3 is 14.7 Å². The Bertz CT molecular complexity index is 513. The lowest BCUT2D eigenvalue weighted by atomic mass is 9.95. The number of nitrogens with zero attached hydrogens (tertiary/aromatic N) is 3. The third-order valence-electron chi connectivity index (χ3n) is 4.85. The van der Waals surface area contributed by atoms with Crippen molar-refractivity contribution in [1.82, 2.24) is 20.4 Å². The Morgan fingerprint density at radius 3 is 2.57 bits per heavy atom. The first-order valence-electron chi connectivity index (χ1n) is 8.18. The van der Waals surface area contributed by atoms with E-state index in [0.717, 1.165) is 18.7 Å². The monoisotopic (exact) mass is 290 g/mol. The second-order valence-electron chi connectivity index (χ2n) is 6.65. The van der Waals surface area contributed by atoms with Gasteiger partial charge in [0.25, 0.3) is 0 Å². The summed E-state index contributed by atoms with van der Waals surface area (Å²) in [5.74, 6) is 2.31. The fourth-order valence-electron chi connectivity index (χ4n) is 3.23. The minimum atomic E-state index is 0.0695. The zero-order valence-electron chi connectivity index (χ0n) is 12.3. The average Bonchev–Trinajstić information content (AvgIpc) is 3.18. The van der Waals surface area contributed by atoms with Crippen molar-refractivity contribution in [1.29, 1.82) is 0 Å². The smallest absolute Gasteiger partial charge is 0.317 e. The van der Waals surface area contributed by atoms with Crippen molar-refractivity contribution >= 4 is 6.03 Å². The Kier molecular flexibility index (Phi) is 3.31. The van der Waals surface area contributed by atoms with Crippen molar-refractivity contribution in [3.8, 4) is 0 Å². The zero-order chi connectivity index (χ0) is 14.2. The molecule has 0 aromatic carbocycles. The van der Waals surface area contributed by atoms with Crippen LogP contribution in [0.5, 0.6) is 0 Å². The predicted molar refractivity (Wildman–Crippen MR) is 76.0 cm³/mol. The molecule has 1 N–H and O–H groups in total. The molecular weight excluding hydrogens is 268 g/mol. The molecule has 2 heterocycles. The molecule has 0 radical (unpaired) electrons. The van der Waals surface area contributed by atoms with E-state index >= 15 is 0 Å². The minimum Gasteiger partial charge on any atom is -0.339 e. The van der Waals surface area contributed by atoms with Crippen molar-refractivity contribution in [3.63, 3.8) is 0 Å². The molecule has 114 valence electrons. The molecule has 6 heteroatoms. The number of hydrogen-bond acceptors (Lipinski definition) is 4. The summed E-state index contributed by atoms with van der Waals surface area (Å²) in [4.78, 5) is 18.5. The van der Waals surface area contributed by atoms with E-state index in [4.69, 9.17) is 4.52 Å². The topological polar surface area (TPSA) is 71.3 Å². The zero-order valence-corrected chi connectivity index (χ0v) is 12.3. The van der Waals surface area contributed by atoms with Crippen LogP contribution in [0.15, 0.2) is 4.52 Å². The molecule has 1 aromatic heterocycles. The average molecular weight is 290 g/mol. The Morgan fingerprint density at radius 1 is 1.10 bits per heavy atom. The van der Waals surface area contributed by atoms with Gasteiger partial charge in [-0.3, -0.25) is 0 Å². The Labute approximate surface area is 124 Å². The standard InChI is InChI=1S/C15H22N4O2/c20-15(16-12-4-2-1-3-5-12)19-8-11(9-19)14-17-13(18-21-14)10-6-7-10/h10-12H,1-9H2,(H,16,20). The second kappa shape index (κ2) is 5.31. The number of aromatic nitrogens is 2. The SMILES string of the molecule is O=C(NC1CCCCC1)N1CC(c2nc(C3CC3)no2)C1. The molecule has 21 heavy (non-hydrogen) atoms. The van der Waals surface area contributed by atoms with Gasteiger partial charge in [0.05, 0.1) is 5.92 Å². The molecule has 1 aromatic rings. The molecule has 0 bridgehead atoms. The van der Waals surface area contributed by atoms with Crippen LogP contribution in [0.2, 0.25) is 0 Å². The van der Waals surface area contributed by atoms with Gasteiger partial charge >= 0.3 is 6.03 Å². The molecule has 4 rings (SSSR count). The van der Waals surface area contributed by atoms with Gasteiger partial charge in [0.15, 0.2) is 5.82 Å². The highest BCUT2D eigenvalue weighted by atomic mass is 16.5. The molecule has 2 saturated carbocycles. The van der Waals surface area contributed by atoms with E-state index in [-0.39, 0.29) is 11.9 Å². The Hall–Kier alpha value is -1.59. The highest BCUT2D eigenvalue weighted by Gasteiger charge is 2.37. The summed E-state index contributed by atoms with van der Waals surface area (Å²) >= 11 is 0. The van der Waals surface area contributed by atoms with Crippen molar-refractivity contribution in [2.75, 3.05) is 13.1 Å². The highest BCUT2D eigenvalue weighted by Crippen LogP contribution is 2.39. The van der Waals surface area contributed by atoms with E-state index in [1.807, 2.05) is 4.90 Å². The maximum absolute atomic E-state index is 12.1. The van der Waals surface area contributed by atoms with Crippen molar-refractivity contribution in [3.05, 3.63) is 11.7 Å².